The van der Waals surface area contributed by atoms with E-state index < -0.39 is 0 Å². The van der Waals surface area contributed by atoms with Crippen molar-refractivity contribution in [2.75, 3.05) is 25.5 Å². The van der Waals surface area contributed by atoms with Crippen LogP contribution in [0.25, 0.3) is 0 Å². The molecule has 0 aliphatic rings. The van der Waals surface area contributed by atoms with Crippen molar-refractivity contribution in [1.29, 1.82) is 0 Å². The van der Waals surface area contributed by atoms with Gasteiger partial charge in [-0.25, -0.2) is 4.98 Å². The molecule has 1 aromatic heterocycles. The first-order valence-electron chi connectivity index (χ1n) is 5.65. The third-order valence-corrected chi connectivity index (χ3v) is 2.81. The summed E-state index contributed by atoms with van der Waals surface area (Å²) in [6.45, 7) is 2.46. The summed E-state index contributed by atoms with van der Waals surface area (Å²) in [6, 6.07) is 3.72. The summed E-state index contributed by atoms with van der Waals surface area (Å²) >= 11 is 5.00. The molecule has 0 saturated heterocycles. The number of nitrogens with two attached hydrogens (primary N) is 1. The average molecular weight is 266 g/mol. The van der Waals surface area contributed by atoms with E-state index in [9.17, 15) is 4.79 Å². The zero-order valence-corrected chi connectivity index (χ0v) is 11.7. The molecule has 1 rings (SSSR count). The van der Waals surface area contributed by atoms with Gasteiger partial charge >= 0.3 is 0 Å². The van der Waals surface area contributed by atoms with Gasteiger partial charge in [0.15, 0.2) is 0 Å². The molecule has 0 spiro atoms. The standard InChI is InChI=1S/C12H18N4OS/c1-8-4-5-9(11(13)18)12(15-8)16(3)7-6-10(17)14-2/h4-5H,6-7H2,1-3H3,(H2,13,18)(H,14,17). The Kier molecular flexibility index (Phi) is 5.03. The first kappa shape index (κ1) is 14.4. The fraction of sp³-hybridized carbons (Fsp3) is 0.417. The van der Waals surface area contributed by atoms with Crippen molar-refractivity contribution in [3.8, 4) is 0 Å². The predicted octanol–water partition coefficient (Wildman–Crippen LogP) is 0.597. The number of nitrogens with zero attached hydrogens (tertiary/aromatic N) is 2. The Morgan fingerprint density at radius 2 is 2.22 bits per heavy atom. The van der Waals surface area contributed by atoms with Gasteiger partial charge in [-0.2, -0.15) is 0 Å². The van der Waals surface area contributed by atoms with Crippen molar-refractivity contribution in [3.05, 3.63) is 23.4 Å². The molecular weight excluding hydrogens is 248 g/mol. The van der Waals surface area contributed by atoms with Gasteiger partial charge in [-0.1, -0.05) is 12.2 Å². The zero-order valence-electron chi connectivity index (χ0n) is 10.9. The molecule has 0 unspecified atom stereocenters. The minimum absolute atomic E-state index is 0.00798. The molecule has 0 bridgehead atoms. The van der Waals surface area contributed by atoms with Crippen LogP contribution in [0.15, 0.2) is 12.1 Å². The molecule has 1 heterocycles. The Morgan fingerprint density at radius 1 is 1.56 bits per heavy atom. The Balaban J connectivity index is 2.89. The number of rotatable bonds is 5. The lowest BCUT2D eigenvalue weighted by Crippen LogP contribution is -2.28. The van der Waals surface area contributed by atoms with Gasteiger partial charge in [-0.3, -0.25) is 4.79 Å². The Hall–Kier alpha value is -1.69. The SMILES string of the molecule is CNC(=O)CCN(C)c1nc(C)ccc1C(N)=S. The van der Waals surface area contributed by atoms with Crippen LogP contribution in [0.3, 0.4) is 0 Å². The fourth-order valence-corrected chi connectivity index (χ4v) is 1.69. The highest BCUT2D eigenvalue weighted by Crippen LogP contribution is 2.17. The Morgan fingerprint density at radius 3 is 2.78 bits per heavy atom. The zero-order chi connectivity index (χ0) is 13.7. The van der Waals surface area contributed by atoms with Crippen molar-refractivity contribution in [1.82, 2.24) is 10.3 Å². The molecule has 5 nitrogen and oxygen atoms in total. The average Bonchev–Trinajstić information content (AvgIpc) is 2.34. The molecule has 0 aliphatic heterocycles. The van der Waals surface area contributed by atoms with Gasteiger partial charge in [-0.05, 0) is 19.1 Å². The molecule has 1 amide bonds. The van der Waals surface area contributed by atoms with Crippen molar-refractivity contribution >= 4 is 28.9 Å². The summed E-state index contributed by atoms with van der Waals surface area (Å²) in [4.78, 5) is 17.8. The summed E-state index contributed by atoms with van der Waals surface area (Å²) in [6.07, 6.45) is 0.402. The molecule has 1 aromatic rings. The lowest BCUT2D eigenvalue weighted by Gasteiger charge is -2.21. The van der Waals surface area contributed by atoms with Gasteiger partial charge < -0.3 is 16.0 Å². The van der Waals surface area contributed by atoms with Crippen LogP contribution in [-0.2, 0) is 4.79 Å². The maximum Gasteiger partial charge on any atom is 0.221 e. The van der Waals surface area contributed by atoms with E-state index in [2.05, 4.69) is 10.3 Å². The van der Waals surface area contributed by atoms with E-state index in [1.807, 2.05) is 31.0 Å². The lowest BCUT2D eigenvalue weighted by atomic mass is 10.2. The third-order valence-electron chi connectivity index (χ3n) is 2.59. The van der Waals surface area contributed by atoms with E-state index >= 15 is 0 Å². The van der Waals surface area contributed by atoms with Crippen LogP contribution in [0.2, 0.25) is 0 Å². The number of aryl methyl sites for hydroxylation is 1. The molecule has 18 heavy (non-hydrogen) atoms. The summed E-state index contributed by atoms with van der Waals surface area (Å²) < 4.78 is 0. The van der Waals surface area contributed by atoms with Crippen molar-refractivity contribution < 1.29 is 4.79 Å². The minimum Gasteiger partial charge on any atom is -0.389 e. The molecule has 0 saturated carbocycles. The van der Waals surface area contributed by atoms with E-state index in [4.69, 9.17) is 18.0 Å². The van der Waals surface area contributed by atoms with E-state index in [0.29, 0.717) is 23.8 Å². The highest BCUT2D eigenvalue weighted by Gasteiger charge is 2.12. The topological polar surface area (TPSA) is 71.2 Å². The number of aromatic nitrogens is 1. The maximum atomic E-state index is 11.2. The predicted molar refractivity (Wildman–Crippen MR) is 76.8 cm³/mol. The van der Waals surface area contributed by atoms with Crippen LogP contribution in [-0.4, -0.2) is 36.5 Å². The fourth-order valence-electron chi connectivity index (χ4n) is 1.53. The number of hydrogen-bond acceptors (Lipinski definition) is 4. The number of carbonyl (C=O) groups is 1. The van der Waals surface area contributed by atoms with Crippen LogP contribution in [0, 0.1) is 6.92 Å². The van der Waals surface area contributed by atoms with Crippen LogP contribution < -0.4 is 16.0 Å². The number of thiocarbonyl (C=S) groups is 1. The summed E-state index contributed by atoms with van der Waals surface area (Å²) in [5.74, 6) is 0.706. The quantitative estimate of drug-likeness (QED) is 0.764. The second-order valence-electron chi connectivity index (χ2n) is 4.03. The Labute approximate surface area is 112 Å². The first-order valence-corrected chi connectivity index (χ1v) is 6.05. The van der Waals surface area contributed by atoms with Crippen LogP contribution in [0.5, 0.6) is 0 Å². The maximum absolute atomic E-state index is 11.2. The van der Waals surface area contributed by atoms with Crippen LogP contribution in [0.1, 0.15) is 17.7 Å². The second-order valence-corrected chi connectivity index (χ2v) is 4.47. The number of carbonyl (C=O) groups excluding carboxylic acids is 1. The van der Waals surface area contributed by atoms with Crippen LogP contribution in [0.4, 0.5) is 5.82 Å². The van der Waals surface area contributed by atoms with Crippen molar-refractivity contribution in [2.45, 2.75) is 13.3 Å². The third kappa shape index (κ3) is 3.66. The second kappa shape index (κ2) is 6.30. The van der Waals surface area contributed by atoms with Gasteiger partial charge in [0, 0.05) is 32.8 Å². The summed E-state index contributed by atoms with van der Waals surface area (Å²) in [7, 11) is 3.49. The van der Waals surface area contributed by atoms with Crippen molar-refractivity contribution in [3.63, 3.8) is 0 Å². The van der Waals surface area contributed by atoms with Gasteiger partial charge in [0.25, 0.3) is 0 Å². The van der Waals surface area contributed by atoms with E-state index in [-0.39, 0.29) is 5.91 Å². The number of amides is 1. The highest BCUT2D eigenvalue weighted by molar-refractivity contribution is 7.80. The molecular formula is C12H18N4OS. The first-order chi connectivity index (χ1) is 8.45. The van der Waals surface area contributed by atoms with Gasteiger partial charge in [0.05, 0.1) is 5.56 Å². The largest absolute Gasteiger partial charge is 0.389 e. The van der Waals surface area contributed by atoms with E-state index in [1.54, 1.807) is 7.05 Å². The monoisotopic (exact) mass is 266 g/mol. The molecule has 0 aliphatic carbocycles. The number of hydrogen-bond donors (Lipinski definition) is 2. The van der Waals surface area contributed by atoms with Gasteiger partial charge in [-0.15, -0.1) is 0 Å². The lowest BCUT2D eigenvalue weighted by molar-refractivity contribution is -0.120. The molecule has 3 N–H and O–H groups in total. The van der Waals surface area contributed by atoms with Gasteiger partial charge in [0.2, 0.25) is 5.91 Å². The summed E-state index contributed by atoms with van der Waals surface area (Å²) in [5.41, 5.74) is 7.29. The molecule has 0 fully saturated rings. The van der Waals surface area contributed by atoms with E-state index in [0.717, 1.165) is 11.3 Å². The molecule has 98 valence electrons. The van der Waals surface area contributed by atoms with Crippen molar-refractivity contribution in [2.24, 2.45) is 5.73 Å². The summed E-state index contributed by atoms with van der Waals surface area (Å²) in [5, 5.41) is 2.58. The normalized spacial score (nSPS) is 9.94. The highest BCUT2D eigenvalue weighted by atomic mass is 32.1. The Bertz CT molecular complexity index is 461. The minimum atomic E-state index is -0.00798. The number of anilines is 1. The van der Waals surface area contributed by atoms with Crippen LogP contribution >= 0.6 is 12.2 Å². The molecule has 0 aromatic carbocycles. The number of nitrogens with one attached hydrogen (secondary N) is 1. The molecule has 0 atom stereocenters. The number of pyridine rings is 1. The van der Waals surface area contributed by atoms with Gasteiger partial charge in [0.1, 0.15) is 10.8 Å². The smallest absolute Gasteiger partial charge is 0.221 e. The van der Waals surface area contributed by atoms with E-state index in [1.165, 1.54) is 0 Å². The molecule has 0 radical (unpaired) electrons. The molecule has 6 heteroatoms.